The molecule has 0 fully saturated rings. The number of rotatable bonds is 5. The lowest BCUT2D eigenvalue weighted by molar-refractivity contribution is -0.384. The number of hydrogen-bond donors (Lipinski definition) is 2. The summed E-state index contributed by atoms with van der Waals surface area (Å²) in [5.41, 5.74) is 0.716. The number of nitro benzene ring substituents is 1. The molecule has 0 unspecified atom stereocenters. The fraction of sp³-hybridized carbons (Fsp3) is 0. The monoisotopic (exact) mass is 342 g/mol. The summed E-state index contributed by atoms with van der Waals surface area (Å²) in [5.74, 6) is -0.638. The van der Waals surface area contributed by atoms with Crippen LogP contribution in [0.4, 0.5) is 17.1 Å². The molecule has 8 heteroatoms. The van der Waals surface area contributed by atoms with E-state index in [-0.39, 0.29) is 11.3 Å². The third-order valence-electron chi connectivity index (χ3n) is 2.91. The molecule has 0 saturated heterocycles. The lowest BCUT2D eigenvalue weighted by Crippen LogP contribution is -2.14. The summed E-state index contributed by atoms with van der Waals surface area (Å²) in [5, 5.41) is 25.5. The Morgan fingerprint density at radius 2 is 1.92 bits per heavy atom. The van der Waals surface area contributed by atoms with Crippen LogP contribution in [-0.2, 0) is 4.79 Å². The molecule has 0 aromatic heterocycles. The van der Waals surface area contributed by atoms with Gasteiger partial charge in [0.2, 0.25) is 0 Å². The predicted molar refractivity (Wildman–Crippen MR) is 90.5 cm³/mol. The van der Waals surface area contributed by atoms with Crippen molar-refractivity contribution in [2.75, 3.05) is 10.6 Å². The van der Waals surface area contributed by atoms with Crippen molar-refractivity contribution in [1.82, 2.24) is 0 Å². The smallest absolute Gasteiger partial charge is 0.269 e. The Balaban J connectivity index is 2.07. The van der Waals surface area contributed by atoms with Crippen molar-refractivity contribution < 1.29 is 9.72 Å². The van der Waals surface area contributed by atoms with Gasteiger partial charge < -0.3 is 10.6 Å². The second kappa shape index (κ2) is 7.76. The van der Waals surface area contributed by atoms with Crippen LogP contribution >= 0.6 is 11.6 Å². The third kappa shape index (κ3) is 4.56. The van der Waals surface area contributed by atoms with Gasteiger partial charge in [-0.25, -0.2) is 0 Å². The van der Waals surface area contributed by atoms with Gasteiger partial charge in [-0.3, -0.25) is 14.9 Å². The molecule has 1 amide bonds. The van der Waals surface area contributed by atoms with E-state index in [1.807, 2.05) is 0 Å². The topological polar surface area (TPSA) is 108 Å². The molecule has 2 aromatic rings. The predicted octanol–water partition coefficient (Wildman–Crippen LogP) is 3.71. The van der Waals surface area contributed by atoms with Crippen LogP contribution in [0.2, 0.25) is 5.02 Å². The first-order valence-electron chi connectivity index (χ1n) is 6.68. The van der Waals surface area contributed by atoms with E-state index in [1.165, 1.54) is 30.5 Å². The first kappa shape index (κ1) is 17.0. The van der Waals surface area contributed by atoms with Gasteiger partial charge >= 0.3 is 0 Å². The molecule has 0 aliphatic heterocycles. The Labute approximate surface area is 142 Å². The van der Waals surface area contributed by atoms with Gasteiger partial charge in [-0.15, -0.1) is 0 Å². The maximum Gasteiger partial charge on any atom is 0.269 e. The van der Waals surface area contributed by atoms with Crippen LogP contribution in [0.1, 0.15) is 0 Å². The summed E-state index contributed by atoms with van der Waals surface area (Å²) in [7, 11) is 0. The number of nitro groups is 1. The number of halogens is 1. The second-order valence-electron chi connectivity index (χ2n) is 4.58. The Morgan fingerprint density at radius 1 is 1.21 bits per heavy atom. The van der Waals surface area contributed by atoms with E-state index in [2.05, 4.69) is 10.6 Å². The van der Waals surface area contributed by atoms with Gasteiger partial charge in [0, 0.05) is 34.7 Å². The van der Waals surface area contributed by atoms with E-state index in [1.54, 1.807) is 30.3 Å². The number of benzene rings is 2. The first-order chi connectivity index (χ1) is 11.5. The summed E-state index contributed by atoms with van der Waals surface area (Å²) < 4.78 is 0. The molecule has 0 atom stereocenters. The molecule has 2 aromatic carbocycles. The number of nitrogens with zero attached hydrogens (tertiary/aromatic N) is 2. The number of anilines is 2. The summed E-state index contributed by atoms with van der Waals surface area (Å²) in [6.07, 6.45) is 1.26. The number of carbonyl (C=O) groups is 1. The zero-order valence-electron chi connectivity index (χ0n) is 12.2. The van der Waals surface area contributed by atoms with E-state index in [0.717, 1.165) is 0 Å². The molecule has 24 heavy (non-hydrogen) atoms. The van der Waals surface area contributed by atoms with Crippen LogP contribution in [0.5, 0.6) is 0 Å². The number of non-ortho nitro benzene ring substituents is 1. The van der Waals surface area contributed by atoms with Crippen LogP contribution in [-0.4, -0.2) is 10.8 Å². The van der Waals surface area contributed by atoms with Crippen molar-refractivity contribution in [2.45, 2.75) is 0 Å². The van der Waals surface area contributed by atoms with Crippen molar-refractivity contribution in [3.05, 3.63) is 75.4 Å². The molecule has 0 aliphatic rings. The zero-order valence-corrected chi connectivity index (χ0v) is 12.9. The van der Waals surface area contributed by atoms with Crippen molar-refractivity contribution in [2.24, 2.45) is 0 Å². The number of hydrogen-bond acceptors (Lipinski definition) is 5. The molecular weight excluding hydrogens is 332 g/mol. The number of carbonyl (C=O) groups excluding carboxylic acids is 1. The average Bonchev–Trinajstić information content (AvgIpc) is 2.56. The highest BCUT2D eigenvalue weighted by atomic mass is 35.5. The lowest BCUT2D eigenvalue weighted by Gasteiger charge is -2.05. The van der Waals surface area contributed by atoms with Crippen molar-refractivity contribution >= 4 is 34.6 Å². The van der Waals surface area contributed by atoms with Crippen LogP contribution in [0.25, 0.3) is 0 Å². The normalized spacial score (nSPS) is 10.6. The van der Waals surface area contributed by atoms with E-state index in [0.29, 0.717) is 16.4 Å². The molecule has 0 spiro atoms. The first-order valence-corrected chi connectivity index (χ1v) is 7.05. The summed E-state index contributed by atoms with van der Waals surface area (Å²) in [6.45, 7) is 0. The Hall–Kier alpha value is -3.37. The lowest BCUT2D eigenvalue weighted by atomic mass is 10.2. The fourth-order valence-electron chi connectivity index (χ4n) is 1.75. The van der Waals surface area contributed by atoms with Crippen LogP contribution in [0, 0.1) is 21.4 Å². The molecular formula is C16H11ClN4O3. The third-order valence-corrected chi connectivity index (χ3v) is 3.14. The van der Waals surface area contributed by atoms with E-state index < -0.39 is 10.8 Å². The minimum atomic E-state index is -0.638. The zero-order chi connectivity index (χ0) is 17.5. The van der Waals surface area contributed by atoms with Gasteiger partial charge in [0.1, 0.15) is 11.6 Å². The van der Waals surface area contributed by atoms with Crippen molar-refractivity contribution in [1.29, 1.82) is 5.26 Å². The molecule has 0 bridgehead atoms. The molecule has 0 saturated carbocycles. The summed E-state index contributed by atoms with van der Waals surface area (Å²) in [6, 6.07) is 13.9. The average molecular weight is 343 g/mol. The molecule has 2 rings (SSSR count). The van der Waals surface area contributed by atoms with Crippen molar-refractivity contribution in [3.63, 3.8) is 0 Å². The van der Waals surface area contributed by atoms with Gasteiger partial charge in [-0.05, 0) is 30.3 Å². The molecule has 0 aliphatic carbocycles. The Kier molecular flexibility index (Phi) is 5.49. The Morgan fingerprint density at radius 3 is 2.50 bits per heavy atom. The summed E-state index contributed by atoms with van der Waals surface area (Å²) in [4.78, 5) is 22.1. The van der Waals surface area contributed by atoms with Crippen LogP contribution in [0.15, 0.2) is 60.3 Å². The van der Waals surface area contributed by atoms with Gasteiger partial charge in [-0.2, -0.15) is 5.26 Å². The fourth-order valence-corrected chi connectivity index (χ4v) is 1.94. The second-order valence-corrected chi connectivity index (χ2v) is 5.02. The Bertz CT molecular complexity index is 841. The highest BCUT2D eigenvalue weighted by molar-refractivity contribution is 6.30. The van der Waals surface area contributed by atoms with Gasteiger partial charge in [0.25, 0.3) is 11.6 Å². The molecule has 120 valence electrons. The van der Waals surface area contributed by atoms with Crippen LogP contribution in [0.3, 0.4) is 0 Å². The van der Waals surface area contributed by atoms with E-state index in [9.17, 15) is 14.9 Å². The molecule has 0 radical (unpaired) electrons. The maximum absolute atomic E-state index is 12.0. The van der Waals surface area contributed by atoms with Gasteiger partial charge in [-0.1, -0.05) is 17.7 Å². The van der Waals surface area contributed by atoms with E-state index in [4.69, 9.17) is 16.9 Å². The SMILES string of the molecule is N#C/C(=C/Nc1cccc(Cl)c1)C(=O)Nc1ccc([N+](=O)[O-])cc1. The highest BCUT2D eigenvalue weighted by Gasteiger charge is 2.10. The summed E-state index contributed by atoms with van der Waals surface area (Å²) >= 11 is 5.85. The minimum Gasteiger partial charge on any atom is -0.360 e. The largest absolute Gasteiger partial charge is 0.360 e. The molecule has 0 heterocycles. The highest BCUT2D eigenvalue weighted by Crippen LogP contribution is 2.17. The quantitative estimate of drug-likeness (QED) is 0.372. The van der Waals surface area contributed by atoms with Gasteiger partial charge in [0.05, 0.1) is 4.92 Å². The number of nitriles is 1. The standard InChI is InChI=1S/C16H11ClN4O3/c17-12-2-1-3-14(8-12)19-10-11(9-18)16(22)20-13-4-6-15(7-5-13)21(23)24/h1-8,10,19H,(H,20,22)/b11-10-. The minimum absolute atomic E-state index is 0.0910. The van der Waals surface area contributed by atoms with Crippen molar-refractivity contribution in [3.8, 4) is 6.07 Å². The number of amides is 1. The molecule has 7 nitrogen and oxygen atoms in total. The molecule has 2 N–H and O–H groups in total. The maximum atomic E-state index is 12.0. The van der Waals surface area contributed by atoms with Crippen LogP contribution < -0.4 is 10.6 Å². The van der Waals surface area contributed by atoms with E-state index >= 15 is 0 Å². The number of nitrogens with one attached hydrogen (secondary N) is 2. The van der Waals surface area contributed by atoms with Gasteiger partial charge in [0.15, 0.2) is 0 Å².